The van der Waals surface area contributed by atoms with Gasteiger partial charge in [0.1, 0.15) is 5.82 Å². The van der Waals surface area contributed by atoms with E-state index in [0.717, 1.165) is 25.0 Å². The Kier molecular flexibility index (Phi) is 2.06. The van der Waals surface area contributed by atoms with E-state index in [0.29, 0.717) is 0 Å². The maximum Gasteiger partial charge on any atom is 0.126 e. The van der Waals surface area contributed by atoms with Crippen LogP contribution in [0.5, 0.6) is 0 Å². The summed E-state index contributed by atoms with van der Waals surface area (Å²) in [6, 6.07) is 7.14. The van der Waals surface area contributed by atoms with Crippen molar-refractivity contribution in [2.24, 2.45) is 0 Å². The Balaban J connectivity index is 1.95. The fourth-order valence-electron chi connectivity index (χ4n) is 2.84. The van der Waals surface area contributed by atoms with Crippen LogP contribution in [0.4, 0.5) is 4.39 Å². The number of benzene rings is 1. The molecule has 15 heavy (non-hydrogen) atoms. The largest absolute Gasteiger partial charge is 0.369 e. The van der Waals surface area contributed by atoms with Gasteiger partial charge < -0.3 is 4.74 Å². The number of hydrogen-bond acceptors (Lipinski definition) is 1. The van der Waals surface area contributed by atoms with E-state index < -0.39 is 0 Å². The zero-order valence-corrected chi connectivity index (χ0v) is 8.71. The summed E-state index contributed by atoms with van der Waals surface area (Å²) in [4.78, 5) is 0. The highest BCUT2D eigenvalue weighted by molar-refractivity contribution is 5.28. The summed E-state index contributed by atoms with van der Waals surface area (Å²) in [5.41, 5.74) is 0.857. The van der Waals surface area contributed by atoms with Gasteiger partial charge in [-0.25, -0.2) is 4.39 Å². The lowest BCUT2D eigenvalue weighted by Crippen LogP contribution is -2.27. The van der Waals surface area contributed by atoms with E-state index in [1.807, 2.05) is 12.1 Å². The normalized spacial score (nSPS) is 34.3. The van der Waals surface area contributed by atoms with Crippen molar-refractivity contribution in [3.05, 3.63) is 35.6 Å². The smallest absolute Gasteiger partial charge is 0.126 e. The van der Waals surface area contributed by atoms with Crippen LogP contribution >= 0.6 is 0 Å². The summed E-state index contributed by atoms with van der Waals surface area (Å²) in [5.74, 6) is 0.215. The molecule has 1 nitrogen and oxygen atoms in total. The molecule has 1 heterocycles. The standard InChI is InChI=1S/C13H15FO/c14-12-7-2-1-5-10(12)11-6-3-4-8-13(11)9-15-13/h1-2,5,7,11H,3-4,6,8-9H2/t11-,13+/m1/s1. The molecule has 2 heteroatoms. The Morgan fingerprint density at radius 2 is 2.07 bits per heavy atom. The predicted octanol–water partition coefficient (Wildman–Crippen LogP) is 3.25. The Morgan fingerprint density at radius 1 is 1.27 bits per heavy atom. The van der Waals surface area contributed by atoms with Crippen molar-refractivity contribution in [2.45, 2.75) is 37.2 Å². The molecule has 1 aliphatic heterocycles. The molecule has 0 bridgehead atoms. The monoisotopic (exact) mass is 206 g/mol. The molecule has 0 N–H and O–H groups in total. The van der Waals surface area contributed by atoms with Crippen LogP contribution in [0.25, 0.3) is 0 Å². The van der Waals surface area contributed by atoms with Gasteiger partial charge in [-0.1, -0.05) is 31.0 Å². The lowest BCUT2D eigenvalue weighted by molar-refractivity contribution is 0.203. The first-order valence-electron chi connectivity index (χ1n) is 5.70. The SMILES string of the molecule is Fc1ccccc1[C@H]1CCCC[C@]12CO2. The maximum absolute atomic E-state index is 13.7. The molecule has 0 radical (unpaired) electrons. The van der Waals surface area contributed by atoms with Crippen LogP contribution < -0.4 is 0 Å². The molecule has 0 amide bonds. The van der Waals surface area contributed by atoms with E-state index in [2.05, 4.69) is 0 Å². The van der Waals surface area contributed by atoms with Crippen LogP contribution in [-0.2, 0) is 4.74 Å². The van der Waals surface area contributed by atoms with E-state index >= 15 is 0 Å². The Hall–Kier alpha value is -0.890. The van der Waals surface area contributed by atoms with Crippen molar-refractivity contribution in [3.8, 4) is 0 Å². The van der Waals surface area contributed by atoms with Crippen molar-refractivity contribution < 1.29 is 9.13 Å². The van der Waals surface area contributed by atoms with Crippen LogP contribution in [0.1, 0.15) is 37.2 Å². The van der Waals surface area contributed by atoms with Crippen LogP contribution in [-0.4, -0.2) is 12.2 Å². The second-order valence-corrected chi connectivity index (χ2v) is 4.67. The van der Waals surface area contributed by atoms with E-state index in [9.17, 15) is 4.39 Å². The highest BCUT2D eigenvalue weighted by atomic mass is 19.1. The highest BCUT2D eigenvalue weighted by Crippen LogP contribution is 2.51. The van der Waals surface area contributed by atoms with Gasteiger partial charge in [-0.15, -0.1) is 0 Å². The highest BCUT2D eigenvalue weighted by Gasteiger charge is 2.53. The van der Waals surface area contributed by atoms with Gasteiger partial charge in [0, 0.05) is 5.92 Å². The fourth-order valence-corrected chi connectivity index (χ4v) is 2.84. The minimum Gasteiger partial charge on any atom is -0.369 e. The third-order valence-electron chi connectivity index (χ3n) is 3.77. The van der Waals surface area contributed by atoms with Crippen molar-refractivity contribution in [1.82, 2.24) is 0 Å². The number of epoxide rings is 1. The van der Waals surface area contributed by atoms with E-state index in [4.69, 9.17) is 4.74 Å². The Morgan fingerprint density at radius 3 is 2.80 bits per heavy atom. The zero-order valence-electron chi connectivity index (χ0n) is 8.71. The third-order valence-corrected chi connectivity index (χ3v) is 3.77. The number of rotatable bonds is 1. The molecule has 2 fully saturated rings. The molecule has 1 aromatic rings. The summed E-state index contributed by atoms with van der Waals surface area (Å²) >= 11 is 0. The van der Waals surface area contributed by atoms with Crippen LogP contribution in [0, 0.1) is 5.82 Å². The van der Waals surface area contributed by atoms with Gasteiger partial charge in [0.15, 0.2) is 0 Å². The van der Waals surface area contributed by atoms with Crippen LogP contribution in [0.2, 0.25) is 0 Å². The molecule has 1 saturated carbocycles. The van der Waals surface area contributed by atoms with E-state index in [1.165, 1.54) is 12.8 Å². The quantitative estimate of drug-likeness (QED) is 0.642. The van der Waals surface area contributed by atoms with Crippen LogP contribution in [0.3, 0.4) is 0 Å². The molecule has 1 aromatic carbocycles. The second-order valence-electron chi connectivity index (χ2n) is 4.67. The lowest BCUT2D eigenvalue weighted by Gasteiger charge is -2.29. The van der Waals surface area contributed by atoms with Gasteiger partial charge in [0.2, 0.25) is 0 Å². The predicted molar refractivity (Wildman–Crippen MR) is 56.3 cm³/mol. The first-order valence-corrected chi connectivity index (χ1v) is 5.70. The molecule has 0 unspecified atom stereocenters. The second kappa shape index (κ2) is 3.31. The fraction of sp³-hybridized carbons (Fsp3) is 0.538. The minimum absolute atomic E-state index is 0.000440. The molecule has 1 aliphatic carbocycles. The Bertz CT molecular complexity index is 371. The lowest BCUT2D eigenvalue weighted by atomic mass is 9.75. The number of halogens is 1. The molecule has 1 spiro atoms. The van der Waals surface area contributed by atoms with Crippen molar-refractivity contribution >= 4 is 0 Å². The summed E-state index contributed by atoms with van der Waals surface area (Å²) in [6.45, 7) is 0.825. The van der Waals surface area contributed by atoms with Gasteiger partial charge >= 0.3 is 0 Å². The molecule has 2 aliphatic rings. The van der Waals surface area contributed by atoms with Gasteiger partial charge in [0.25, 0.3) is 0 Å². The molecular formula is C13H15FO. The summed E-state index contributed by atoms with van der Waals surface area (Å²) < 4.78 is 19.3. The first kappa shape index (κ1) is 9.34. The summed E-state index contributed by atoms with van der Waals surface area (Å²) in [6.07, 6.45) is 4.60. The van der Waals surface area contributed by atoms with Gasteiger partial charge in [-0.3, -0.25) is 0 Å². The Labute approximate surface area is 89.3 Å². The molecule has 3 rings (SSSR count). The van der Waals surface area contributed by atoms with Crippen molar-refractivity contribution in [3.63, 3.8) is 0 Å². The topological polar surface area (TPSA) is 12.5 Å². The summed E-state index contributed by atoms with van der Waals surface area (Å²) in [7, 11) is 0. The average Bonchev–Trinajstić information content (AvgIpc) is 3.01. The van der Waals surface area contributed by atoms with E-state index in [-0.39, 0.29) is 17.3 Å². The average molecular weight is 206 g/mol. The first-order chi connectivity index (χ1) is 7.32. The van der Waals surface area contributed by atoms with Gasteiger partial charge in [-0.05, 0) is 24.5 Å². The maximum atomic E-state index is 13.7. The van der Waals surface area contributed by atoms with Crippen molar-refractivity contribution in [1.29, 1.82) is 0 Å². The van der Waals surface area contributed by atoms with Gasteiger partial charge in [0.05, 0.1) is 12.2 Å². The number of hydrogen-bond donors (Lipinski definition) is 0. The zero-order chi connectivity index (χ0) is 10.3. The minimum atomic E-state index is -0.0701. The molecule has 0 aromatic heterocycles. The molecular weight excluding hydrogens is 191 g/mol. The molecule has 2 atom stereocenters. The molecule has 80 valence electrons. The van der Waals surface area contributed by atoms with Gasteiger partial charge in [-0.2, -0.15) is 0 Å². The molecule has 1 saturated heterocycles. The van der Waals surface area contributed by atoms with E-state index in [1.54, 1.807) is 12.1 Å². The van der Waals surface area contributed by atoms with Crippen LogP contribution in [0.15, 0.2) is 24.3 Å². The third kappa shape index (κ3) is 1.48. The summed E-state index contributed by atoms with van der Waals surface area (Å²) in [5, 5.41) is 0. The van der Waals surface area contributed by atoms with Crippen molar-refractivity contribution in [2.75, 3.05) is 6.61 Å². The number of ether oxygens (including phenoxy) is 1.